The fourth-order valence-electron chi connectivity index (χ4n) is 1.90. The molecule has 0 radical (unpaired) electrons. The maximum Gasteiger partial charge on any atom is 0.191 e. The lowest BCUT2D eigenvalue weighted by Gasteiger charge is -2.24. The molecule has 1 aromatic rings. The summed E-state index contributed by atoms with van der Waals surface area (Å²) in [5.74, 6) is 0.761. The van der Waals surface area contributed by atoms with Crippen molar-refractivity contribution in [3.8, 4) is 0 Å². The van der Waals surface area contributed by atoms with Crippen LogP contribution in [0.3, 0.4) is 0 Å². The first-order valence-electron chi connectivity index (χ1n) is 8.37. The summed E-state index contributed by atoms with van der Waals surface area (Å²) in [4.78, 5) is 4.25. The number of hydrogen-bond acceptors (Lipinski definition) is 3. The first-order chi connectivity index (χ1) is 11.1. The van der Waals surface area contributed by atoms with E-state index in [4.69, 9.17) is 9.47 Å². The Kier molecular flexibility index (Phi) is 7.70. The highest BCUT2D eigenvalue weighted by Crippen LogP contribution is 2.13. The SMILES string of the molecule is CN=C(NCc1cccc(COC(C)(C)C)c1)NCC(C)(C)OC. The molecule has 1 aromatic carbocycles. The minimum Gasteiger partial charge on any atom is -0.377 e. The zero-order valence-corrected chi connectivity index (χ0v) is 16.2. The number of methoxy groups -OCH3 is 1. The van der Waals surface area contributed by atoms with Gasteiger partial charge in [-0.05, 0) is 45.7 Å². The highest BCUT2D eigenvalue weighted by atomic mass is 16.5. The Hall–Kier alpha value is -1.59. The zero-order chi connectivity index (χ0) is 18.2. The van der Waals surface area contributed by atoms with Crippen molar-refractivity contribution in [1.82, 2.24) is 10.6 Å². The minimum absolute atomic E-state index is 0.131. The van der Waals surface area contributed by atoms with Gasteiger partial charge in [0.25, 0.3) is 0 Å². The Balaban J connectivity index is 2.54. The lowest BCUT2D eigenvalue weighted by molar-refractivity contribution is -0.0149. The summed E-state index contributed by atoms with van der Waals surface area (Å²) in [5.41, 5.74) is 2.00. The molecule has 0 unspecified atom stereocenters. The maximum atomic E-state index is 5.84. The van der Waals surface area contributed by atoms with E-state index >= 15 is 0 Å². The Morgan fingerprint density at radius 1 is 1.08 bits per heavy atom. The number of nitrogens with one attached hydrogen (secondary N) is 2. The summed E-state index contributed by atoms with van der Waals surface area (Å²) in [6.45, 7) is 12.3. The zero-order valence-electron chi connectivity index (χ0n) is 16.2. The fourth-order valence-corrected chi connectivity index (χ4v) is 1.90. The average Bonchev–Trinajstić information content (AvgIpc) is 2.53. The summed E-state index contributed by atoms with van der Waals surface area (Å²) >= 11 is 0. The predicted molar refractivity (Wildman–Crippen MR) is 100 cm³/mol. The van der Waals surface area contributed by atoms with Crippen molar-refractivity contribution < 1.29 is 9.47 Å². The van der Waals surface area contributed by atoms with E-state index in [2.05, 4.69) is 60.7 Å². The Morgan fingerprint density at radius 2 is 1.75 bits per heavy atom. The Labute approximate surface area is 146 Å². The number of guanidine groups is 1. The van der Waals surface area contributed by atoms with E-state index in [1.165, 1.54) is 11.1 Å². The van der Waals surface area contributed by atoms with E-state index in [-0.39, 0.29) is 11.2 Å². The van der Waals surface area contributed by atoms with Crippen LogP contribution in [0.1, 0.15) is 45.7 Å². The Bertz CT molecular complexity index is 534. The molecule has 2 N–H and O–H groups in total. The number of benzene rings is 1. The van der Waals surface area contributed by atoms with Crippen molar-refractivity contribution in [2.75, 3.05) is 20.7 Å². The molecule has 24 heavy (non-hydrogen) atoms. The van der Waals surface area contributed by atoms with E-state index in [9.17, 15) is 0 Å². The molecule has 0 heterocycles. The van der Waals surface area contributed by atoms with Crippen LogP contribution in [-0.2, 0) is 22.6 Å². The van der Waals surface area contributed by atoms with Crippen LogP contribution in [0.2, 0.25) is 0 Å². The number of hydrogen-bond donors (Lipinski definition) is 2. The van der Waals surface area contributed by atoms with E-state index < -0.39 is 0 Å². The van der Waals surface area contributed by atoms with Gasteiger partial charge in [-0.2, -0.15) is 0 Å². The molecule has 5 nitrogen and oxygen atoms in total. The second-order valence-electron chi connectivity index (χ2n) is 7.46. The number of aliphatic imine (C=N–C) groups is 1. The molecular weight excluding hydrogens is 302 g/mol. The van der Waals surface area contributed by atoms with Crippen molar-refractivity contribution >= 4 is 5.96 Å². The lowest BCUT2D eigenvalue weighted by Crippen LogP contribution is -2.45. The van der Waals surface area contributed by atoms with E-state index in [1.54, 1.807) is 14.2 Å². The maximum absolute atomic E-state index is 5.84. The van der Waals surface area contributed by atoms with Gasteiger partial charge in [0.15, 0.2) is 5.96 Å². The number of nitrogens with zero attached hydrogens (tertiary/aromatic N) is 1. The lowest BCUT2D eigenvalue weighted by atomic mass is 10.1. The summed E-state index contributed by atoms with van der Waals surface area (Å²) in [6.07, 6.45) is 0. The standard InChI is InChI=1S/C19H33N3O2/c1-18(2,3)24-13-16-10-8-9-15(11-16)12-21-17(20-6)22-14-19(4,5)23-7/h8-11H,12-14H2,1-7H3,(H2,20,21,22). The monoisotopic (exact) mass is 335 g/mol. The van der Waals surface area contributed by atoms with Crippen molar-refractivity contribution in [2.24, 2.45) is 4.99 Å². The van der Waals surface area contributed by atoms with Crippen LogP contribution in [0.15, 0.2) is 29.3 Å². The second-order valence-corrected chi connectivity index (χ2v) is 7.46. The summed E-state index contributed by atoms with van der Waals surface area (Å²) in [6, 6.07) is 8.40. The smallest absolute Gasteiger partial charge is 0.191 e. The van der Waals surface area contributed by atoms with Crippen molar-refractivity contribution in [2.45, 2.75) is 59.0 Å². The first-order valence-corrected chi connectivity index (χ1v) is 8.37. The van der Waals surface area contributed by atoms with Crippen LogP contribution in [0.25, 0.3) is 0 Å². The van der Waals surface area contributed by atoms with Crippen LogP contribution in [-0.4, -0.2) is 37.9 Å². The van der Waals surface area contributed by atoms with Gasteiger partial charge in [-0.25, -0.2) is 0 Å². The molecule has 0 saturated carbocycles. The molecule has 0 amide bonds. The van der Waals surface area contributed by atoms with Gasteiger partial charge in [0.2, 0.25) is 0 Å². The van der Waals surface area contributed by atoms with Gasteiger partial charge < -0.3 is 20.1 Å². The number of rotatable bonds is 7. The molecular formula is C19H33N3O2. The van der Waals surface area contributed by atoms with Gasteiger partial charge in [0, 0.05) is 27.2 Å². The van der Waals surface area contributed by atoms with Crippen molar-refractivity contribution in [3.05, 3.63) is 35.4 Å². The van der Waals surface area contributed by atoms with Gasteiger partial charge in [-0.1, -0.05) is 24.3 Å². The average molecular weight is 335 g/mol. The second kappa shape index (κ2) is 9.04. The molecule has 0 saturated heterocycles. The van der Waals surface area contributed by atoms with Gasteiger partial charge >= 0.3 is 0 Å². The van der Waals surface area contributed by atoms with Gasteiger partial charge in [-0.3, -0.25) is 4.99 Å². The third kappa shape index (κ3) is 8.31. The van der Waals surface area contributed by atoms with Gasteiger partial charge in [0.1, 0.15) is 0 Å². The first kappa shape index (κ1) is 20.5. The molecule has 0 aliphatic carbocycles. The molecule has 0 aliphatic heterocycles. The van der Waals surface area contributed by atoms with E-state index in [1.807, 2.05) is 13.8 Å². The quantitative estimate of drug-likeness (QED) is 0.594. The predicted octanol–water partition coefficient (Wildman–Crippen LogP) is 3.09. The Morgan fingerprint density at radius 3 is 2.33 bits per heavy atom. The molecule has 0 aliphatic rings. The highest BCUT2D eigenvalue weighted by Gasteiger charge is 2.16. The minimum atomic E-state index is -0.234. The summed E-state index contributed by atoms with van der Waals surface area (Å²) in [7, 11) is 3.48. The molecule has 136 valence electrons. The third-order valence-electron chi connectivity index (χ3n) is 3.58. The third-order valence-corrected chi connectivity index (χ3v) is 3.58. The van der Waals surface area contributed by atoms with Crippen molar-refractivity contribution in [3.63, 3.8) is 0 Å². The molecule has 5 heteroatoms. The molecule has 0 bridgehead atoms. The van der Waals surface area contributed by atoms with Crippen LogP contribution in [0, 0.1) is 0 Å². The molecule has 0 atom stereocenters. The van der Waals surface area contributed by atoms with Crippen LogP contribution in [0.4, 0.5) is 0 Å². The molecule has 0 fully saturated rings. The molecule has 1 rings (SSSR count). The van der Waals surface area contributed by atoms with Crippen LogP contribution in [0.5, 0.6) is 0 Å². The van der Waals surface area contributed by atoms with Crippen LogP contribution >= 0.6 is 0 Å². The highest BCUT2D eigenvalue weighted by molar-refractivity contribution is 5.79. The van der Waals surface area contributed by atoms with Gasteiger partial charge in [-0.15, -0.1) is 0 Å². The van der Waals surface area contributed by atoms with E-state index in [0.29, 0.717) is 19.7 Å². The normalized spacial score (nSPS) is 13.0. The fraction of sp³-hybridized carbons (Fsp3) is 0.632. The molecule has 0 aromatic heterocycles. The van der Waals surface area contributed by atoms with Crippen LogP contribution < -0.4 is 10.6 Å². The van der Waals surface area contributed by atoms with Crippen molar-refractivity contribution in [1.29, 1.82) is 0 Å². The largest absolute Gasteiger partial charge is 0.377 e. The van der Waals surface area contributed by atoms with Gasteiger partial charge in [0.05, 0.1) is 17.8 Å². The summed E-state index contributed by atoms with van der Waals surface area (Å²) < 4.78 is 11.2. The summed E-state index contributed by atoms with van der Waals surface area (Å²) in [5, 5.41) is 6.60. The topological polar surface area (TPSA) is 54.9 Å². The molecule has 0 spiro atoms. The number of ether oxygens (including phenoxy) is 2. The van der Waals surface area contributed by atoms with E-state index in [0.717, 1.165) is 5.96 Å².